The second-order valence-electron chi connectivity index (χ2n) is 6.79. The van der Waals surface area contributed by atoms with Gasteiger partial charge in [-0.25, -0.2) is 0 Å². The fourth-order valence-corrected chi connectivity index (χ4v) is 3.37. The number of rotatable bonds is 7. The molecule has 0 bridgehead atoms. The Hall–Kier alpha value is -2.82. The normalized spacial score (nSPS) is 13.1. The van der Waals surface area contributed by atoms with Gasteiger partial charge in [-0.1, -0.05) is 13.0 Å². The maximum atomic E-state index is 12.7. The molecule has 1 amide bonds. The van der Waals surface area contributed by atoms with Crippen LogP contribution in [-0.2, 0) is 11.2 Å². The molecule has 1 heterocycles. The summed E-state index contributed by atoms with van der Waals surface area (Å²) < 4.78 is 5.53. The monoisotopic (exact) mass is 366 g/mol. The van der Waals surface area contributed by atoms with Crippen molar-refractivity contribution in [1.29, 1.82) is 0 Å². The fraction of sp³-hybridized carbons (Fsp3) is 0.364. The maximum Gasteiger partial charge on any atom is 0.227 e. The Morgan fingerprint density at radius 2 is 1.89 bits per heavy atom. The van der Waals surface area contributed by atoms with Crippen molar-refractivity contribution in [2.75, 3.05) is 23.8 Å². The summed E-state index contributed by atoms with van der Waals surface area (Å²) in [6, 6.07) is 12.8. The third kappa shape index (κ3) is 4.48. The molecule has 5 nitrogen and oxygen atoms in total. The maximum absolute atomic E-state index is 12.7. The van der Waals surface area contributed by atoms with E-state index < -0.39 is 0 Å². The molecule has 142 valence electrons. The molecule has 2 N–H and O–H groups in total. The van der Waals surface area contributed by atoms with Gasteiger partial charge in [0.1, 0.15) is 5.75 Å². The molecule has 0 saturated heterocycles. The van der Waals surface area contributed by atoms with Crippen LogP contribution < -0.4 is 15.4 Å². The van der Waals surface area contributed by atoms with Gasteiger partial charge in [0, 0.05) is 36.3 Å². The highest BCUT2D eigenvalue weighted by Gasteiger charge is 2.24. The molecule has 0 aliphatic carbocycles. The van der Waals surface area contributed by atoms with Crippen LogP contribution in [0.25, 0.3) is 0 Å². The van der Waals surface area contributed by atoms with E-state index in [-0.39, 0.29) is 24.5 Å². The number of carbonyl (C=O) groups is 2. The Morgan fingerprint density at radius 3 is 2.63 bits per heavy atom. The highest BCUT2D eigenvalue weighted by atomic mass is 16.5. The summed E-state index contributed by atoms with van der Waals surface area (Å²) in [5.41, 5.74) is 9.30. The predicted molar refractivity (Wildman–Crippen MR) is 107 cm³/mol. The minimum Gasteiger partial charge on any atom is -0.494 e. The molecule has 0 unspecified atom stereocenters. The number of nitrogens with zero attached hydrogens (tertiary/aromatic N) is 1. The van der Waals surface area contributed by atoms with Crippen molar-refractivity contribution >= 4 is 23.1 Å². The summed E-state index contributed by atoms with van der Waals surface area (Å²) in [5.74, 6) is 0.694. The quantitative estimate of drug-likeness (QED) is 0.594. The van der Waals surface area contributed by atoms with E-state index in [0.29, 0.717) is 18.7 Å². The molecule has 1 aliphatic heterocycles. The van der Waals surface area contributed by atoms with Crippen LogP contribution in [0.5, 0.6) is 5.75 Å². The van der Waals surface area contributed by atoms with Gasteiger partial charge >= 0.3 is 0 Å². The summed E-state index contributed by atoms with van der Waals surface area (Å²) >= 11 is 0. The average Bonchev–Trinajstić information content (AvgIpc) is 2.70. The van der Waals surface area contributed by atoms with E-state index in [0.717, 1.165) is 42.0 Å². The number of carbonyl (C=O) groups excluding carboxylic acids is 2. The molecule has 0 atom stereocenters. The lowest BCUT2D eigenvalue weighted by atomic mass is 9.99. The molecule has 0 spiro atoms. The molecule has 0 fully saturated rings. The lowest BCUT2D eigenvalue weighted by molar-refractivity contribution is -0.118. The number of hydrogen-bond donors (Lipinski definition) is 1. The number of nitrogen functional groups attached to an aromatic ring is 1. The Kier molecular flexibility index (Phi) is 6.12. The van der Waals surface area contributed by atoms with Crippen molar-refractivity contribution in [2.24, 2.45) is 0 Å². The van der Waals surface area contributed by atoms with Gasteiger partial charge in [-0.05, 0) is 61.2 Å². The smallest absolute Gasteiger partial charge is 0.227 e. The van der Waals surface area contributed by atoms with Gasteiger partial charge in [-0.3, -0.25) is 9.59 Å². The van der Waals surface area contributed by atoms with Crippen molar-refractivity contribution in [2.45, 2.75) is 39.0 Å². The van der Waals surface area contributed by atoms with Crippen molar-refractivity contribution in [3.63, 3.8) is 0 Å². The first-order valence-electron chi connectivity index (χ1n) is 9.54. The van der Waals surface area contributed by atoms with Gasteiger partial charge in [0.15, 0.2) is 5.78 Å². The summed E-state index contributed by atoms with van der Waals surface area (Å²) in [5, 5.41) is 0. The molecule has 27 heavy (non-hydrogen) atoms. The molecule has 2 aromatic carbocycles. The lowest BCUT2D eigenvalue weighted by Crippen LogP contribution is -2.35. The number of ether oxygens (including phenoxy) is 1. The zero-order valence-corrected chi connectivity index (χ0v) is 15.7. The molecule has 0 aromatic heterocycles. The van der Waals surface area contributed by atoms with Crippen LogP contribution in [0.1, 0.15) is 48.5 Å². The molecule has 5 heteroatoms. The first-order valence-corrected chi connectivity index (χ1v) is 9.54. The van der Waals surface area contributed by atoms with Crippen molar-refractivity contribution < 1.29 is 14.3 Å². The number of Topliss-reactive ketones (excluding diaryl/α,β-unsaturated/α-hetero) is 1. The van der Waals surface area contributed by atoms with Crippen molar-refractivity contribution in [3.8, 4) is 5.75 Å². The lowest BCUT2D eigenvalue weighted by Gasteiger charge is -2.30. The number of anilines is 2. The second kappa shape index (κ2) is 8.71. The Morgan fingerprint density at radius 1 is 1.11 bits per heavy atom. The number of hydrogen-bond acceptors (Lipinski definition) is 4. The molecular weight excluding hydrogens is 340 g/mol. The highest BCUT2D eigenvalue weighted by Crippen LogP contribution is 2.31. The zero-order chi connectivity index (χ0) is 19.2. The average molecular weight is 366 g/mol. The minimum atomic E-state index is -0.0322. The van der Waals surface area contributed by atoms with E-state index >= 15 is 0 Å². The second-order valence-corrected chi connectivity index (χ2v) is 6.79. The Bertz CT molecular complexity index is 815. The van der Waals surface area contributed by atoms with Crippen molar-refractivity contribution in [3.05, 3.63) is 53.6 Å². The molecule has 0 radical (unpaired) electrons. The molecular formula is C22H26N2O3. The number of ketones is 1. The van der Waals surface area contributed by atoms with Crippen LogP contribution in [0.2, 0.25) is 0 Å². The minimum absolute atomic E-state index is 0.0298. The van der Waals surface area contributed by atoms with Crippen LogP contribution in [0, 0.1) is 0 Å². The number of amides is 1. The summed E-state index contributed by atoms with van der Waals surface area (Å²) in [6.45, 7) is 3.38. The van der Waals surface area contributed by atoms with E-state index in [1.165, 1.54) is 0 Å². The molecule has 0 saturated carbocycles. The SMILES string of the molecule is CCCOc1ccc(C(=O)CCC(=O)N2CCCc3c(N)cccc32)cc1. The van der Waals surface area contributed by atoms with Crippen LogP contribution >= 0.6 is 0 Å². The molecule has 2 aromatic rings. The van der Waals surface area contributed by atoms with Crippen LogP contribution in [0.15, 0.2) is 42.5 Å². The van der Waals surface area contributed by atoms with Gasteiger partial charge in [-0.15, -0.1) is 0 Å². The summed E-state index contributed by atoms with van der Waals surface area (Å²) in [7, 11) is 0. The topological polar surface area (TPSA) is 72.6 Å². The van der Waals surface area contributed by atoms with Crippen LogP contribution in [0.3, 0.4) is 0 Å². The van der Waals surface area contributed by atoms with Gasteiger partial charge in [0.25, 0.3) is 0 Å². The van der Waals surface area contributed by atoms with Crippen LogP contribution in [-0.4, -0.2) is 24.8 Å². The Balaban J connectivity index is 1.60. The van der Waals surface area contributed by atoms with Gasteiger partial charge in [-0.2, -0.15) is 0 Å². The van der Waals surface area contributed by atoms with Gasteiger partial charge in [0.05, 0.1) is 6.61 Å². The third-order valence-corrected chi connectivity index (χ3v) is 4.80. The number of fused-ring (bicyclic) bond motifs is 1. The van der Waals surface area contributed by atoms with E-state index in [2.05, 4.69) is 0 Å². The zero-order valence-electron chi connectivity index (χ0n) is 15.7. The van der Waals surface area contributed by atoms with E-state index in [9.17, 15) is 9.59 Å². The largest absolute Gasteiger partial charge is 0.494 e. The highest BCUT2D eigenvalue weighted by molar-refractivity contribution is 6.01. The van der Waals surface area contributed by atoms with E-state index in [1.807, 2.05) is 25.1 Å². The van der Waals surface area contributed by atoms with Crippen LogP contribution in [0.4, 0.5) is 11.4 Å². The van der Waals surface area contributed by atoms with Gasteiger partial charge < -0.3 is 15.4 Å². The third-order valence-electron chi connectivity index (χ3n) is 4.80. The van der Waals surface area contributed by atoms with E-state index in [1.54, 1.807) is 29.2 Å². The van der Waals surface area contributed by atoms with E-state index in [4.69, 9.17) is 10.5 Å². The van der Waals surface area contributed by atoms with Crippen molar-refractivity contribution in [1.82, 2.24) is 0 Å². The molecule has 1 aliphatic rings. The van der Waals surface area contributed by atoms with Gasteiger partial charge in [0.2, 0.25) is 5.91 Å². The number of benzene rings is 2. The summed E-state index contributed by atoms with van der Waals surface area (Å²) in [4.78, 5) is 26.9. The Labute approximate surface area is 160 Å². The molecule has 3 rings (SSSR count). The standard InChI is InChI=1S/C22H26N2O3/c1-2-15-27-17-10-8-16(9-11-17)21(25)12-13-22(26)24-14-4-5-18-19(23)6-3-7-20(18)24/h3,6-11H,2,4-5,12-15,23H2,1H3. The number of nitrogens with two attached hydrogens (primary N) is 1. The summed E-state index contributed by atoms with van der Waals surface area (Å²) in [6.07, 6.45) is 3.11. The predicted octanol–water partition coefficient (Wildman–Crippen LogP) is 4.00. The first-order chi connectivity index (χ1) is 13.1. The fourth-order valence-electron chi connectivity index (χ4n) is 3.37. The first kappa shape index (κ1) is 19.0.